The average molecular weight is 476 g/mol. The molecule has 0 N–H and O–H groups in total. The second kappa shape index (κ2) is 11.5. The Morgan fingerprint density at radius 2 is 1.79 bits per heavy atom. The van der Waals surface area contributed by atoms with Gasteiger partial charge in [0, 0.05) is 27.6 Å². The monoisotopic (exact) mass is 475 g/mol. The highest BCUT2D eigenvalue weighted by Gasteiger charge is 2.29. The maximum atomic E-state index is 13.2. The fraction of sp³-hybridized carbons (Fsp3) is 0.348. The summed E-state index contributed by atoms with van der Waals surface area (Å²) in [7, 11) is 0.121. The van der Waals surface area contributed by atoms with Crippen LogP contribution in [0.15, 0.2) is 51.8 Å². The van der Waals surface area contributed by atoms with Crippen molar-refractivity contribution in [2.24, 2.45) is 4.40 Å². The smallest absolute Gasteiger partial charge is 0.337 e. The molecule has 9 nitrogen and oxygen atoms in total. The van der Waals surface area contributed by atoms with Crippen LogP contribution in [-0.4, -0.2) is 59.3 Å². The van der Waals surface area contributed by atoms with Gasteiger partial charge >= 0.3 is 5.97 Å². The summed E-state index contributed by atoms with van der Waals surface area (Å²) < 4.78 is 40.9. The molecule has 1 amide bonds. The molecule has 0 spiro atoms. The van der Waals surface area contributed by atoms with Crippen molar-refractivity contribution in [3.05, 3.63) is 48.0 Å². The number of rotatable bonds is 10. The molecule has 33 heavy (non-hydrogen) atoms. The van der Waals surface area contributed by atoms with E-state index in [0.717, 1.165) is 18.8 Å². The van der Waals surface area contributed by atoms with E-state index in [2.05, 4.69) is 4.40 Å². The molecule has 2 rings (SSSR count). The van der Waals surface area contributed by atoms with Crippen molar-refractivity contribution in [2.75, 3.05) is 32.6 Å². The van der Waals surface area contributed by atoms with Crippen molar-refractivity contribution in [3.63, 3.8) is 0 Å². The minimum Gasteiger partial charge on any atom is -0.465 e. The van der Waals surface area contributed by atoms with E-state index in [0.29, 0.717) is 18.7 Å². The molecule has 0 aliphatic carbocycles. The van der Waals surface area contributed by atoms with E-state index in [1.807, 2.05) is 6.92 Å². The third-order valence-corrected chi connectivity index (χ3v) is 5.75. The predicted octanol–water partition coefficient (Wildman–Crippen LogP) is 3.70. The zero-order valence-electron chi connectivity index (χ0n) is 19.4. The standard InChI is InChI=1S/C23H29N3O6S/c1-6-7-13-26(17(2)27)20-14-18(23(28)31-5)15-21(33(29,30)24-16-25(3)4)22(20)32-19-11-9-8-10-12-19/h8-12,14-16H,6-7,13H2,1-5H3/b24-16+. The number of esters is 1. The van der Waals surface area contributed by atoms with Gasteiger partial charge in [-0.1, -0.05) is 31.5 Å². The van der Waals surface area contributed by atoms with Crippen LogP contribution < -0.4 is 9.64 Å². The SMILES string of the molecule is CCCCN(C(C)=O)c1cc(C(=O)OC)cc(S(=O)(=O)/N=C/N(C)C)c1Oc1ccccc1. The van der Waals surface area contributed by atoms with E-state index in [9.17, 15) is 18.0 Å². The Morgan fingerprint density at radius 1 is 1.12 bits per heavy atom. The first-order chi connectivity index (χ1) is 15.6. The third kappa shape index (κ3) is 6.79. The molecule has 0 fully saturated rings. The van der Waals surface area contributed by atoms with E-state index in [1.54, 1.807) is 44.4 Å². The molecule has 0 aromatic heterocycles. The summed E-state index contributed by atoms with van der Waals surface area (Å²) in [5.41, 5.74) is 0.0932. The quantitative estimate of drug-likeness (QED) is 0.293. The molecular weight excluding hydrogens is 446 g/mol. The van der Waals surface area contributed by atoms with Crippen molar-refractivity contribution < 1.29 is 27.5 Å². The third-order valence-electron chi connectivity index (χ3n) is 4.52. The zero-order chi connectivity index (χ0) is 24.6. The Bertz CT molecular complexity index is 1110. The molecule has 2 aromatic carbocycles. The van der Waals surface area contributed by atoms with Crippen molar-refractivity contribution >= 4 is 33.9 Å². The molecule has 0 aliphatic heterocycles. The van der Waals surface area contributed by atoms with Gasteiger partial charge in [0.2, 0.25) is 5.91 Å². The summed E-state index contributed by atoms with van der Waals surface area (Å²) in [6.45, 7) is 3.64. The first-order valence-electron chi connectivity index (χ1n) is 10.3. The molecular formula is C23H29N3O6S. The van der Waals surface area contributed by atoms with Gasteiger partial charge in [-0.05, 0) is 30.7 Å². The van der Waals surface area contributed by atoms with Crippen LogP contribution in [-0.2, 0) is 19.6 Å². The van der Waals surface area contributed by atoms with Crippen molar-refractivity contribution in [3.8, 4) is 11.5 Å². The topological polar surface area (TPSA) is 106 Å². The molecule has 178 valence electrons. The van der Waals surface area contributed by atoms with Gasteiger partial charge in [0.25, 0.3) is 10.0 Å². The predicted molar refractivity (Wildman–Crippen MR) is 127 cm³/mol. The lowest BCUT2D eigenvalue weighted by Gasteiger charge is -2.25. The van der Waals surface area contributed by atoms with E-state index < -0.39 is 16.0 Å². The number of carbonyl (C=O) groups excluding carboxylic acids is 2. The molecule has 0 bridgehead atoms. The van der Waals surface area contributed by atoms with Crippen LogP contribution in [0.4, 0.5) is 5.69 Å². The van der Waals surface area contributed by atoms with Crippen LogP contribution in [0.5, 0.6) is 11.5 Å². The molecule has 0 saturated carbocycles. The number of sulfonamides is 1. The number of amides is 1. The summed E-state index contributed by atoms with van der Waals surface area (Å²) >= 11 is 0. The number of nitrogens with zero attached hydrogens (tertiary/aromatic N) is 3. The minimum absolute atomic E-state index is 0.0470. The van der Waals surface area contributed by atoms with Gasteiger partial charge in [-0.3, -0.25) is 4.79 Å². The van der Waals surface area contributed by atoms with Crippen molar-refractivity contribution in [1.29, 1.82) is 0 Å². The maximum Gasteiger partial charge on any atom is 0.337 e. The number of methoxy groups -OCH3 is 1. The minimum atomic E-state index is -4.32. The molecule has 0 heterocycles. The van der Waals surface area contributed by atoms with Gasteiger partial charge in [0.15, 0.2) is 5.75 Å². The highest BCUT2D eigenvalue weighted by molar-refractivity contribution is 7.90. The molecule has 0 atom stereocenters. The largest absolute Gasteiger partial charge is 0.465 e. The Morgan fingerprint density at radius 3 is 2.33 bits per heavy atom. The number of hydrogen-bond donors (Lipinski definition) is 0. The Labute approximate surface area is 194 Å². The molecule has 0 unspecified atom stereocenters. The number of carbonyl (C=O) groups is 2. The van der Waals surface area contributed by atoms with Crippen LogP contribution >= 0.6 is 0 Å². The number of benzene rings is 2. The Hall–Kier alpha value is -3.40. The lowest BCUT2D eigenvalue weighted by molar-refractivity contribution is -0.116. The Kier molecular flexibility index (Phi) is 8.98. The summed E-state index contributed by atoms with van der Waals surface area (Å²) in [4.78, 5) is 27.4. The first kappa shape index (κ1) is 25.9. The lowest BCUT2D eigenvalue weighted by atomic mass is 10.1. The average Bonchev–Trinajstić information content (AvgIpc) is 2.78. The summed E-state index contributed by atoms with van der Waals surface area (Å²) in [5, 5.41) is 0. The molecule has 0 aliphatic rings. The zero-order valence-corrected chi connectivity index (χ0v) is 20.3. The van der Waals surface area contributed by atoms with Gasteiger partial charge in [-0.15, -0.1) is 4.40 Å². The summed E-state index contributed by atoms with van der Waals surface area (Å²) in [5.74, 6) is -0.828. The van der Waals surface area contributed by atoms with Crippen LogP contribution in [0, 0.1) is 0 Å². The maximum absolute atomic E-state index is 13.2. The van der Waals surface area contributed by atoms with Crippen molar-refractivity contribution in [1.82, 2.24) is 4.90 Å². The highest BCUT2D eigenvalue weighted by Crippen LogP contribution is 2.40. The number of hydrogen-bond acceptors (Lipinski definition) is 6. The Balaban J connectivity index is 2.88. The number of unbranched alkanes of at least 4 members (excludes halogenated alkanes) is 1. The first-order valence-corrected chi connectivity index (χ1v) is 11.8. The van der Waals surface area contributed by atoms with Gasteiger partial charge in [-0.2, -0.15) is 8.42 Å². The van der Waals surface area contributed by atoms with Crippen LogP contribution in [0.2, 0.25) is 0 Å². The molecule has 2 aromatic rings. The van der Waals surface area contributed by atoms with Crippen molar-refractivity contribution in [2.45, 2.75) is 31.6 Å². The lowest BCUT2D eigenvalue weighted by Crippen LogP contribution is -2.30. The van der Waals surface area contributed by atoms with Gasteiger partial charge in [-0.25, -0.2) is 4.79 Å². The number of ether oxygens (including phenoxy) is 2. The molecule has 0 saturated heterocycles. The second-order valence-corrected chi connectivity index (χ2v) is 9.01. The number of anilines is 1. The molecule has 10 heteroatoms. The van der Waals surface area contributed by atoms with E-state index >= 15 is 0 Å². The summed E-state index contributed by atoms with van der Waals surface area (Å²) in [6, 6.07) is 11.1. The fourth-order valence-electron chi connectivity index (χ4n) is 2.90. The fourth-order valence-corrected chi connectivity index (χ4v) is 3.98. The second-order valence-electron chi connectivity index (χ2n) is 7.41. The summed E-state index contributed by atoms with van der Waals surface area (Å²) in [6.07, 6.45) is 2.59. The van der Waals surface area contributed by atoms with E-state index in [1.165, 1.54) is 29.9 Å². The highest BCUT2D eigenvalue weighted by atomic mass is 32.2. The van der Waals surface area contributed by atoms with E-state index in [-0.39, 0.29) is 27.8 Å². The normalized spacial score (nSPS) is 11.3. The van der Waals surface area contributed by atoms with Crippen LogP contribution in [0.25, 0.3) is 0 Å². The number of para-hydroxylation sites is 1. The van der Waals surface area contributed by atoms with Gasteiger partial charge in [0.1, 0.15) is 17.0 Å². The molecule has 0 radical (unpaired) electrons. The van der Waals surface area contributed by atoms with Crippen LogP contribution in [0.1, 0.15) is 37.0 Å². The van der Waals surface area contributed by atoms with E-state index in [4.69, 9.17) is 9.47 Å². The van der Waals surface area contributed by atoms with Crippen LogP contribution in [0.3, 0.4) is 0 Å². The van der Waals surface area contributed by atoms with Gasteiger partial charge < -0.3 is 19.3 Å². The van der Waals surface area contributed by atoms with Gasteiger partial charge in [0.05, 0.1) is 18.4 Å².